The van der Waals surface area contributed by atoms with E-state index in [1.54, 1.807) is 12.4 Å². The van der Waals surface area contributed by atoms with Gasteiger partial charge in [0.25, 0.3) is 0 Å². The molecule has 0 saturated carbocycles. The lowest BCUT2D eigenvalue weighted by atomic mass is 10.1. The van der Waals surface area contributed by atoms with E-state index in [-0.39, 0.29) is 17.5 Å². The molecule has 2 heterocycles. The van der Waals surface area contributed by atoms with Gasteiger partial charge in [0.1, 0.15) is 5.65 Å². The molecule has 1 N–H and O–H groups in total. The highest BCUT2D eigenvalue weighted by molar-refractivity contribution is 5.95. The Labute approximate surface area is 81.4 Å². The normalized spacial score (nSPS) is 11.1. The number of H-pyrrole nitrogens is 1. The maximum absolute atomic E-state index is 11.6. The summed E-state index contributed by atoms with van der Waals surface area (Å²) in [5.74, 6) is 0.193. The molecule has 0 unspecified atom stereocenters. The van der Waals surface area contributed by atoms with Gasteiger partial charge in [-0.25, -0.2) is 9.97 Å². The predicted octanol–water partition coefficient (Wildman–Crippen LogP) is 1.80. The van der Waals surface area contributed by atoms with E-state index in [2.05, 4.69) is 15.0 Å². The second-order valence-corrected chi connectivity index (χ2v) is 3.49. The number of ketones is 1. The van der Waals surface area contributed by atoms with Gasteiger partial charge in [0.05, 0.1) is 0 Å². The third kappa shape index (κ3) is 1.39. The summed E-state index contributed by atoms with van der Waals surface area (Å²) < 4.78 is 0. The molecular weight excluding hydrogens is 178 g/mol. The molecule has 0 amide bonds. The van der Waals surface area contributed by atoms with Crippen molar-refractivity contribution in [3.05, 3.63) is 24.3 Å². The zero-order valence-corrected chi connectivity index (χ0v) is 8.11. The second kappa shape index (κ2) is 3.21. The van der Waals surface area contributed by atoms with E-state index in [0.29, 0.717) is 5.65 Å². The summed E-state index contributed by atoms with van der Waals surface area (Å²) in [7, 11) is 0. The molecule has 0 aliphatic rings. The number of nitrogens with one attached hydrogen (secondary N) is 1. The molecule has 2 aromatic rings. The number of aromatic nitrogens is 3. The number of carbonyl (C=O) groups is 1. The van der Waals surface area contributed by atoms with Crippen molar-refractivity contribution >= 4 is 16.8 Å². The van der Waals surface area contributed by atoms with Gasteiger partial charge in [-0.1, -0.05) is 13.8 Å². The van der Waals surface area contributed by atoms with Crippen molar-refractivity contribution in [3.63, 3.8) is 0 Å². The quantitative estimate of drug-likeness (QED) is 0.733. The van der Waals surface area contributed by atoms with Crippen LogP contribution in [0.3, 0.4) is 0 Å². The van der Waals surface area contributed by atoms with Crippen LogP contribution in [-0.2, 0) is 0 Å². The van der Waals surface area contributed by atoms with Gasteiger partial charge >= 0.3 is 0 Å². The van der Waals surface area contributed by atoms with Crippen molar-refractivity contribution in [2.75, 3.05) is 0 Å². The number of nitrogens with zero attached hydrogens (tertiary/aromatic N) is 2. The molecule has 0 fully saturated rings. The second-order valence-electron chi connectivity index (χ2n) is 3.49. The van der Waals surface area contributed by atoms with E-state index in [0.717, 1.165) is 5.39 Å². The molecule has 0 saturated heterocycles. The fraction of sp³-hybridized carbons (Fsp3) is 0.300. The maximum Gasteiger partial charge on any atom is 0.202 e. The Kier molecular flexibility index (Phi) is 2.04. The number of Topliss-reactive ketones (excluding diaryl/α,β-unsaturated/α-hetero) is 1. The number of fused-ring (bicyclic) bond motifs is 1. The first-order chi connectivity index (χ1) is 6.68. The fourth-order valence-corrected chi connectivity index (χ4v) is 1.22. The van der Waals surface area contributed by atoms with Crippen molar-refractivity contribution in [2.24, 2.45) is 5.92 Å². The van der Waals surface area contributed by atoms with Crippen molar-refractivity contribution < 1.29 is 4.79 Å². The Hall–Kier alpha value is -1.71. The minimum atomic E-state index is -0.0672. The fourth-order valence-electron chi connectivity index (χ4n) is 1.22. The summed E-state index contributed by atoms with van der Waals surface area (Å²) >= 11 is 0. The van der Waals surface area contributed by atoms with Gasteiger partial charge in [-0.2, -0.15) is 0 Å². The highest BCUT2D eigenvalue weighted by atomic mass is 16.1. The number of aromatic amines is 1. The summed E-state index contributed by atoms with van der Waals surface area (Å²) in [6.45, 7) is 3.68. The van der Waals surface area contributed by atoms with Crippen molar-refractivity contribution in [1.82, 2.24) is 15.0 Å². The number of hydrogen-bond donors (Lipinski definition) is 1. The molecule has 0 bridgehead atoms. The molecule has 0 aromatic carbocycles. The molecule has 4 heteroatoms. The summed E-state index contributed by atoms with van der Waals surface area (Å²) in [4.78, 5) is 22.7. The first-order valence-electron chi connectivity index (χ1n) is 4.53. The molecule has 0 radical (unpaired) electrons. The molecule has 2 aromatic heterocycles. The van der Waals surface area contributed by atoms with Crippen LogP contribution in [0.5, 0.6) is 0 Å². The highest BCUT2D eigenvalue weighted by Gasteiger charge is 2.13. The van der Waals surface area contributed by atoms with E-state index in [1.807, 2.05) is 19.9 Å². The van der Waals surface area contributed by atoms with Crippen LogP contribution in [-0.4, -0.2) is 20.7 Å². The molecule has 0 aliphatic heterocycles. The molecular formula is C10H11N3O. The van der Waals surface area contributed by atoms with Gasteiger partial charge in [-0.15, -0.1) is 0 Å². The van der Waals surface area contributed by atoms with Crippen LogP contribution in [0.1, 0.15) is 24.5 Å². The van der Waals surface area contributed by atoms with Crippen molar-refractivity contribution in [2.45, 2.75) is 13.8 Å². The van der Waals surface area contributed by atoms with E-state index in [9.17, 15) is 4.79 Å². The summed E-state index contributed by atoms with van der Waals surface area (Å²) in [6.07, 6.45) is 3.44. The smallest absolute Gasteiger partial charge is 0.202 e. The third-order valence-corrected chi connectivity index (χ3v) is 2.04. The average Bonchev–Trinajstić information content (AvgIpc) is 2.62. The van der Waals surface area contributed by atoms with Crippen LogP contribution < -0.4 is 0 Å². The Morgan fingerprint density at radius 2 is 2.29 bits per heavy atom. The highest BCUT2D eigenvalue weighted by Crippen LogP contribution is 2.10. The van der Waals surface area contributed by atoms with Crippen LogP contribution >= 0.6 is 0 Å². The summed E-state index contributed by atoms with van der Waals surface area (Å²) in [5.41, 5.74) is 0.712. The zero-order chi connectivity index (χ0) is 10.1. The first-order valence-corrected chi connectivity index (χ1v) is 4.53. The lowest BCUT2D eigenvalue weighted by molar-refractivity contribution is 0.0929. The average molecular weight is 189 g/mol. The Bertz CT molecular complexity index is 473. The predicted molar refractivity (Wildman–Crippen MR) is 53.1 cm³/mol. The third-order valence-electron chi connectivity index (χ3n) is 2.04. The van der Waals surface area contributed by atoms with Gasteiger partial charge in [-0.05, 0) is 6.07 Å². The van der Waals surface area contributed by atoms with E-state index >= 15 is 0 Å². The minimum absolute atomic E-state index is 0.0264. The molecule has 4 nitrogen and oxygen atoms in total. The number of rotatable bonds is 2. The van der Waals surface area contributed by atoms with Crippen LogP contribution in [0, 0.1) is 5.92 Å². The minimum Gasteiger partial charge on any atom is -0.346 e. The summed E-state index contributed by atoms with van der Waals surface area (Å²) in [5, 5.41) is 0.922. The van der Waals surface area contributed by atoms with E-state index in [4.69, 9.17) is 0 Å². The van der Waals surface area contributed by atoms with Crippen LogP contribution in [0.25, 0.3) is 11.0 Å². The van der Waals surface area contributed by atoms with Crippen molar-refractivity contribution in [3.8, 4) is 0 Å². The van der Waals surface area contributed by atoms with Crippen molar-refractivity contribution in [1.29, 1.82) is 0 Å². The van der Waals surface area contributed by atoms with Gasteiger partial charge in [-0.3, -0.25) is 4.79 Å². The Morgan fingerprint density at radius 1 is 1.50 bits per heavy atom. The monoisotopic (exact) mass is 189 g/mol. The topological polar surface area (TPSA) is 58.6 Å². The largest absolute Gasteiger partial charge is 0.346 e. The molecule has 0 spiro atoms. The lowest BCUT2D eigenvalue weighted by Gasteiger charge is -2.01. The first kappa shape index (κ1) is 8.87. The molecule has 2 rings (SSSR count). The molecule has 0 aliphatic carbocycles. The van der Waals surface area contributed by atoms with Crippen LogP contribution in [0.4, 0.5) is 0 Å². The Morgan fingerprint density at radius 3 is 3.00 bits per heavy atom. The maximum atomic E-state index is 11.6. The molecule has 14 heavy (non-hydrogen) atoms. The molecule has 0 atom stereocenters. The molecule has 72 valence electrons. The summed E-state index contributed by atoms with van der Waals surface area (Å²) in [6, 6.07) is 1.87. The van der Waals surface area contributed by atoms with Gasteiger partial charge < -0.3 is 4.98 Å². The standard InChI is InChI=1S/C10H11N3O/c1-6(2)8(14)10-12-5-7-3-4-11-9(7)13-10/h3-6H,1-2H3,(H,11,12,13). The van der Waals surface area contributed by atoms with E-state index < -0.39 is 0 Å². The van der Waals surface area contributed by atoms with Gasteiger partial charge in [0.15, 0.2) is 5.82 Å². The number of hydrogen-bond acceptors (Lipinski definition) is 3. The number of carbonyl (C=O) groups excluding carboxylic acids is 1. The van der Waals surface area contributed by atoms with Crippen LogP contribution in [0.2, 0.25) is 0 Å². The van der Waals surface area contributed by atoms with Gasteiger partial charge in [0, 0.05) is 23.7 Å². The Balaban J connectivity index is 2.48. The zero-order valence-electron chi connectivity index (χ0n) is 8.11. The van der Waals surface area contributed by atoms with E-state index in [1.165, 1.54) is 0 Å². The SMILES string of the molecule is CC(C)C(=O)c1ncc2cc[nH]c2n1. The van der Waals surface area contributed by atoms with Gasteiger partial charge in [0.2, 0.25) is 5.78 Å². The lowest BCUT2D eigenvalue weighted by Crippen LogP contribution is -2.11. The van der Waals surface area contributed by atoms with Crippen LogP contribution in [0.15, 0.2) is 18.5 Å².